The Bertz CT molecular complexity index is 353. The lowest BCUT2D eigenvalue weighted by Gasteiger charge is -2.33. The summed E-state index contributed by atoms with van der Waals surface area (Å²) in [7, 11) is 0. The number of carbonyl (C=O) groups excluding carboxylic acids is 1. The summed E-state index contributed by atoms with van der Waals surface area (Å²) in [6, 6.07) is 0.652. The summed E-state index contributed by atoms with van der Waals surface area (Å²) in [5, 5.41) is 8.80. The predicted molar refractivity (Wildman–Crippen MR) is 71.9 cm³/mol. The Morgan fingerprint density at radius 3 is 2.53 bits per heavy atom. The molecule has 108 valence electrons. The lowest BCUT2D eigenvalue weighted by atomic mass is 10.0. The number of amides is 2. The Balaban J connectivity index is 2.00. The van der Waals surface area contributed by atoms with E-state index in [4.69, 9.17) is 5.11 Å². The Hall–Kier alpha value is -1.26. The molecule has 2 amide bonds. The molecule has 0 aromatic carbocycles. The number of carboxylic acid groups (broad SMARTS) is 1. The van der Waals surface area contributed by atoms with E-state index in [0.717, 1.165) is 32.2 Å². The molecule has 2 aliphatic rings. The Labute approximate surface area is 114 Å². The maximum atomic E-state index is 12.6. The van der Waals surface area contributed by atoms with Crippen LogP contribution in [0.15, 0.2) is 0 Å². The highest BCUT2D eigenvalue weighted by Gasteiger charge is 2.39. The lowest BCUT2D eigenvalue weighted by molar-refractivity contribution is -0.137. The normalized spacial score (nSPS) is 22.9. The van der Waals surface area contributed by atoms with Gasteiger partial charge in [-0.3, -0.25) is 4.79 Å². The predicted octanol–water partition coefficient (Wildman–Crippen LogP) is 2.17. The third-order valence-corrected chi connectivity index (χ3v) is 4.11. The van der Waals surface area contributed by atoms with Gasteiger partial charge in [0.05, 0.1) is 6.42 Å². The minimum atomic E-state index is -0.833. The first-order valence-corrected chi connectivity index (χ1v) is 7.29. The first-order chi connectivity index (χ1) is 9.00. The van der Waals surface area contributed by atoms with Gasteiger partial charge in [-0.2, -0.15) is 0 Å². The summed E-state index contributed by atoms with van der Waals surface area (Å²) in [4.78, 5) is 27.1. The summed E-state index contributed by atoms with van der Waals surface area (Å²) >= 11 is 0. The Morgan fingerprint density at radius 1 is 1.32 bits per heavy atom. The van der Waals surface area contributed by atoms with E-state index in [9.17, 15) is 9.59 Å². The molecule has 1 unspecified atom stereocenters. The van der Waals surface area contributed by atoms with E-state index >= 15 is 0 Å². The van der Waals surface area contributed by atoms with E-state index in [1.54, 1.807) is 4.90 Å². The summed E-state index contributed by atoms with van der Waals surface area (Å²) in [5.41, 5.74) is 0. The lowest BCUT2D eigenvalue weighted by Crippen LogP contribution is -2.48. The van der Waals surface area contributed by atoms with Gasteiger partial charge in [0.2, 0.25) is 0 Å². The molecule has 19 heavy (non-hydrogen) atoms. The number of urea groups is 1. The van der Waals surface area contributed by atoms with Crippen LogP contribution in [0.2, 0.25) is 0 Å². The van der Waals surface area contributed by atoms with E-state index in [1.807, 2.05) is 4.90 Å². The number of aliphatic carboxylic acids is 1. The quantitative estimate of drug-likeness (QED) is 0.831. The second kappa shape index (κ2) is 5.80. The zero-order valence-corrected chi connectivity index (χ0v) is 11.8. The van der Waals surface area contributed by atoms with Gasteiger partial charge in [-0.15, -0.1) is 0 Å². The summed E-state index contributed by atoms with van der Waals surface area (Å²) in [5.74, 6) is -0.368. The minimum Gasteiger partial charge on any atom is -0.481 e. The van der Waals surface area contributed by atoms with E-state index < -0.39 is 5.97 Å². The third-order valence-electron chi connectivity index (χ3n) is 4.11. The molecule has 1 heterocycles. The number of nitrogens with zero attached hydrogens (tertiary/aromatic N) is 2. The van der Waals surface area contributed by atoms with Crippen LogP contribution in [0.4, 0.5) is 4.79 Å². The second-order valence-corrected chi connectivity index (χ2v) is 6.00. The highest BCUT2D eigenvalue weighted by atomic mass is 16.4. The molecule has 0 spiro atoms. The number of hydrogen-bond donors (Lipinski definition) is 1. The molecule has 0 aromatic rings. The van der Waals surface area contributed by atoms with Crippen molar-refractivity contribution in [3.05, 3.63) is 0 Å². The Kier molecular flexibility index (Phi) is 4.32. The zero-order chi connectivity index (χ0) is 14.0. The van der Waals surface area contributed by atoms with Gasteiger partial charge in [0.25, 0.3) is 0 Å². The van der Waals surface area contributed by atoms with Crippen LogP contribution in [-0.2, 0) is 4.79 Å². The van der Waals surface area contributed by atoms with Crippen molar-refractivity contribution in [2.24, 2.45) is 5.92 Å². The minimum absolute atomic E-state index is 0.0441. The highest BCUT2D eigenvalue weighted by Crippen LogP contribution is 2.31. The van der Waals surface area contributed by atoms with Gasteiger partial charge >= 0.3 is 12.0 Å². The largest absolute Gasteiger partial charge is 0.481 e. The van der Waals surface area contributed by atoms with Crippen LogP contribution in [0.3, 0.4) is 0 Å². The SMILES string of the molecule is CC(C)C1CCCN1C(=O)N(CCC(=O)O)C1CC1. The molecule has 1 N–H and O–H groups in total. The van der Waals surface area contributed by atoms with Crippen molar-refractivity contribution in [2.45, 2.75) is 58.0 Å². The molecular weight excluding hydrogens is 244 g/mol. The van der Waals surface area contributed by atoms with Gasteiger partial charge in [0.15, 0.2) is 0 Å². The van der Waals surface area contributed by atoms with Gasteiger partial charge in [-0.1, -0.05) is 13.8 Å². The fraction of sp³-hybridized carbons (Fsp3) is 0.857. The number of carboxylic acids is 1. The molecule has 2 rings (SSSR count). The number of carbonyl (C=O) groups is 2. The molecule has 0 aromatic heterocycles. The van der Waals surface area contributed by atoms with Crippen molar-refractivity contribution < 1.29 is 14.7 Å². The smallest absolute Gasteiger partial charge is 0.320 e. The average molecular weight is 268 g/mol. The van der Waals surface area contributed by atoms with Crippen LogP contribution >= 0.6 is 0 Å². The zero-order valence-electron chi connectivity index (χ0n) is 11.8. The summed E-state index contributed by atoms with van der Waals surface area (Å²) in [6.45, 7) is 5.46. The third kappa shape index (κ3) is 3.39. The van der Waals surface area contributed by atoms with E-state index in [1.165, 1.54) is 0 Å². The standard InChI is InChI=1S/C14H24N2O3/c1-10(2)12-4-3-8-16(12)14(19)15(11-5-6-11)9-7-13(17)18/h10-12H,3-9H2,1-2H3,(H,17,18). The monoisotopic (exact) mass is 268 g/mol. The van der Waals surface area contributed by atoms with Crippen LogP contribution < -0.4 is 0 Å². The van der Waals surface area contributed by atoms with Crippen molar-refractivity contribution in [1.82, 2.24) is 9.80 Å². The second-order valence-electron chi connectivity index (χ2n) is 6.00. The molecule has 2 fully saturated rings. The van der Waals surface area contributed by atoms with E-state index in [2.05, 4.69) is 13.8 Å². The van der Waals surface area contributed by atoms with Crippen molar-refractivity contribution in [3.8, 4) is 0 Å². The van der Waals surface area contributed by atoms with Crippen molar-refractivity contribution in [2.75, 3.05) is 13.1 Å². The van der Waals surface area contributed by atoms with Crippen molar-refractivity contribution in [3.63, 3.8) is 0 Å². The van der Waals surface area contributed by atoms with Gasteiger partial charge in [-0.25, -0.2) is 4.79 Å². The van der Waals surface area contributed by atoms with E-state index in [-0.39, 0.29) is 18.5 Å². The molecule has 5 nitrogen and oxygen atoms in total. The first-order valence-electron chi connectivity index (χ1n) is 7.29. The van der Waals surface area contributed by atoms with Crippen LogP contribution in [-0.4, -0.2) is 52.1 Å². The molecule has 1 saturated heterocycles. The number of rotatable bonds is 5. The fourth-order valence-corrected chi connectivity index (χ4v) is 2.92. The van der Waals surface area contributed by atoms with Gasteiger partial charge in [0.1, 0.15) is 0 Å². The van der Waals surface area contributed by atoms with Gasteiger partial charge < -0.3 is 14.9 Å². The molecule has 1 aliphatic carbocycles. The maximum absolute atomic E-state index is 12.6. The van der Waals surface area contributed by atoms with Crippen LogP contribution in [0.25, 0.3) is 0 Å². The summed E-state index contributed by atoms with van der Waals surface area (Å²) in [6.07, 6.45) is 4.21. The number of hydrogen-bond acceptors (Lipinski definition) is 2. The topological polar surface area (TPSA) is 60.9 Å². The molecule has 1 aliphatic heterocycles. The molecule has 0 bridgehead atoms. The number of likely N-dealkylation sites (tertiary alicyclic amines) is 1. The van der Waals surface area contributed by atoms with Crippen LogP contribution in [0, 0.1) is 5.92 Å². The Morgan fingerprint density at radius 2 is 2.00 bits per heavy atom. The van der Waals surface area contributed by atoms with E-state index in [0.29, 0.717) is 18.5 Å². The fourth-order valence-electron chi connectivity index (χ4n) is 2.92. The molecule has 5 heteroatoms. The van der Waals surface area contributed by atoms with Gasteiger partial charge in [-0.05, 0) is 31.6 Å². The first kappa shape index (κ1) is 14.2. The highest BCUT2D eigenvalue weighted by molar-refractivity contribution is 5.77. The van der Waals surface area contributed by atoms with Crippen molar-refractivity contribution in [1.29, 1.82) is 0 Å². The van der Waals surface area contributed by atoms with Crippen LogP contribution in [0.1, 0.15) is 46.0 Å². The average Bonchev–Trinajstić information content (AvgIpc) is 3.04. The molecular formula is C14H24N2O3. The van der Waals surface area contributed by atoms with Crippen LogP contribution in [0.5, 0.6) is 0 Å². The molecule has 0 radical (unpaired) electrons. The summed E-state index contributed by atoms with van der Waals surface area (Å²) < 4.78 is 0. The molecule has 1 atom stereocenters. The maximum Gasteiger partial charge on any atom is 0.320 e. The van der Waals surface area contributed by atoms with Gasteiger partial charge in [0, 0.05) is 25.2 Å². The van der Waals surface area contributed by atoms with Crippen molar-refractivity contribution >= 4 is 12.0 Å². The molecule has 1 saturated carbocycles.